The molecule has 0 aliphatic rings. The molecule has 2 heteroatoms. The van der Waals surface area contributed by atoms with Gasteiger partial charge in [-0.3, -0.25) is 0 Å². The average Bonchev–Trinajstić information content (AvgIpc) is 2.72. The molecule has 0 rings (SSSR count). The molecule has 31 heavy (non-hydrogen) atoms. The Morgan fingerprint density at radius 3 is 0.871 bits per heavy atom. The molecule has 0 heterocycles. The number of hydrogen-bond donors (Lipinski definition) is 0. The molecule has 0 aromatic rings. The number of hydrogen-bond acceptors (Lipinski definition) is 0. The highest BCUT2D eigenvalue weighted by molar-refractivity contribution is 6.87. The lowest BCUT2D eigenvalue weighted by atomic mass is 9.86. The Morgan fingerprint density at radius 1 is 0.419 bits per heavy atom. The first-order valence-corrected chi connectivity index (χ1v) is 17.6. The second-order valence-electron chi connectivity index (χ2n) is 10.9. The molecule has 0 N–H and O–H groups in total. The molecule has 0 aliphatic heterocycles. The van der Waals surface area contributed by atoms with E-state index < -0.39 is 21.6 Å². The van der Waals surface area contributed by atoms with Crippen LogP contribution in [0.15, 0.2) is 0 Å². The van der Waals surface area contributed by atoms with Crippen molar-refractivity contribution in [1.29, 1.82) is 0 Å². The summed E-state index contributed by atoms with van der Waals surface area (Å²) < 4.78 is 0. The van der Waals surface area contributed by atoms with Gasteiger partial charge in [0.2, 0.25) is 5.41 Å². The quantitative estimate of drug-likeness (QED) is 0.281. The summed E-state index contributed by atoms with van der Waals surface area (Å²) in [5.41, 5.74) is 6.50. The summed E-state index contributed by atoms with van der Waals surface area (Å²) in [6.07, 6.45) is 0. The summed E-state index contributed by atoms with van der Waals surface area (Å²) in [5.74, 6) is 21.2. The van der Waals surface area contributed by atoms with E-state index in [9.17, 15) is 0 Å². The highest BCUT2D eigenvalue weighted by atomic mass is 28.3. The van der Waals surface area contributed by atoms with Crippen molar-refractivity contribution in [2.45, 2.75) is 119 Å². The van der Waals surface area contributed by atoms with Crippen molar-refractivity contribution in [2.24, 2.45) is 16.2 Å². The van der Waals surface area contributed by atoms with Gasteiger partial charge in [0.15, 0.2) is 0 Å². The van der Waals surface area contributed by atoms with Crippen molar-refractivity contribution in [2.75, 3.05) is 0 Å². The normalized spacial score (nSPS) is 12.3. The Balaban J connectivity index is 7.20. The van der Waals surface area contributed by atoms with Crippen molar-refractivity contribution in [3.63, 3.8) is 0 Å². The first kappa shape index (κ1) is 29.7. The predicted octanol–water partition coefficient (Wildman–Crippen LogP) is 8.17. The first-order valence-electron chi connectivity index (χ1n) is 12.4. The SMILES string of the molecule is CC[Si](C#CC(C#CC(C)(C)C)(C#CC(C)(C)C)C#C[Si](CC)(CC)CC)(CC)CC. The molecule has 0 aliphatic carbocycles. The molecule has 0 nitrogen and oxygen atoms in total. The van der Waals surface area contributed by atoms with Gasteiger partial charge in [-0.1, -0.05) is 77.1 Å². The Hall–Kier alpha value is -1.33. The highest BCUT2D eigenvalue weighted by Crippen LogP contribution is 2.25. The lowest BCUT2D eigenvalue weighted by Crippen LogP contribution is -2.31. The molecule has 0 aromatic heterocycles. The second-order valence-corrected chi connectivity index (χ2v) is 20.8. The van der Waals surface area contributed by atoms with Gasteiger partial charge in [0.05, 0.1) is 0 Å². The van der Waals surface area contributed by atoms with Crippen LogP contribution in [-0.4, -0.2) is 16.1 Å². The maximum atomic E-state index is 3.78. The molecule has 0 unspecified atom stereocenters. The van der Waals surface area contributed by atoms with E-state index in [2.05, 4.69) is 130 Å². The van der Waals surface area contributed by atoms with Crippen molar-refractivity contribution >= 4 is 16.1 Å². The standard InChI is InChI=1S/C29H48Si2/c1-13-30(14-2,15-3)25-23-29(21-19-27(7,8)9,22-20-28(10,11)12)24-26-31(16-4,17-5)18-6/h13-18H2,1-12H3. The molecule has 0 saturated carbocycles. The van der Waals surface area contributed by atoms with E-state index in [4.69, 9.17) is 0 Å². The fraction of sp³-hybridized carbons (Fsp3) is 0.724. The maximum absolute atomic E-state index is 3.78. The maximum Gasteiger partial charge on any atom is 0.211 e. The molecule has 0 bridgehead atoms. The van der Waals surface area contributed by atoms with Crippen molar-refractivity contribution in [3.05, 3.63) is 0 Å². The molecule has 0 saturated heterocycles. The van der Waals surface area contributed by atoms with E-state index >= 15 is 0 Å². The summed E-state index contributed by atoms with van der Waals surface area (Å²) in [6.45, 7) is 26.7. The van der Waals surface area contributed by atoms with Gasteiger partial charge in [0, 0.05) is 10.8 Å². The Bertz CT molecular complexity index is 721. The highest BCUT2D eigenvalue weighted by Gasteiger charge is 2.30. The monoisotopic (exact) mass is 452 g/mol. The zero-order valence-electron chi connectivity index (χ0n) is 22.7. The van der Waals surface area contributed by atoms with Crippen LogP contribution in [0.5, 0.6) is 0 Å². The lowest BCUT2D eigenvalue weighted by Gasteiger charge is -2.23. The molecule has 0 aromatic carbocycles. The zero-order valence-corrected chi connectivity index (χ0v) is 24.7. The zero-order chi connectivity index (χ0) is 24.4. The molecule has 0 radical (unpaired) electrons. The summed E-state index contributed by atoms with van der Waals surface area (Å²) in [5, 5.41) is 0. The molecular weight excluding hydrogens is 404 g/mol. The van der Waals surface area contributed by atoms with Crippen LogP contribution in [0, 0.1) is 62.9 Å². The topological polar surface area (TPSA) is 0 Å². The van der Waals surface area contributed by atoms with Crippen LogP contribution >= 0.6 is 0 Å². The lowest BCUT2D eigenvalue weighted by molar-refractivity contribution is 0.567. The van der Waals surface area contributed by atoms with Crippen molar-refractivity contribution in [1.82, 2.24) is 0 Å². The van der Waals surface area contributed by atoms with E-state index in [1.807, 2.05) is 0 Å². The summed E-state index contributed by atoms with van der Waals surface area (Å²) >= 11 is 0. The third kappa shape index (κ3) is 10.2. The fourth-order valence-electron chi connectivity index (χ4n) is 3.23. The molecule has 0 atom stereocenters. The molecular formula is C29H48Si2. The third-order valence-electron chi connectivity index (χ3n) is 6.34. The molecule has 172 valence electrons. The van der Waals surface area contributed by atoms with Gasteiger partial charge >= 0.3 is 0 Å². The second kappa shape index (κ2) is 12.1. The van der Waals surface area contributed by atoms with E-state index in [-0.39, 0.29) is 10.8 Å². The predicted molar refractivity (Wildman–Crippen MR) is 147 cm³/mol. The van der Waals surface area contributed by atoms with E-state index in [0.717, 1.165) is 0 Å². The minimum Gasteiger partial charge on any atom is -0.128 e. The van der Waals surface area contributed by atoms with Crippen LogP contribution in [0.4, 0.5) is 0 Å². The number of rotatable bonds is 6. The summed E-state index contributed by atoms with van der Waals surface area (Å²) in [4.78, 5) is 0. The average molecular weight is 453 g/mol. The van der Waals surface area contributed by atoms with Gasteiger partial charge in [0.25, 0.3) is 0 Å². The van der Waals surface area contributed by atoms with Gasteiger partial charge in [0.1, 0.15) is 16.1 Å². The Kier molecular flexibility index (Phi) is 11.5. The van der Waals surface area contributed by atoms with E-state index in [1.54, 1.807) is 0 Å². The van der Waals surface area contributed by atoms with Crippen LogP contribution in [0.1, 0.15) is 83.1 Å². The smallest absolute Gasteiger partial charge is 0.128 e. The largest absolute Gasteiger partial charge is 0.211 e. The van der Waals surface area contributed by atoms with Crippen molar-refractivity contribution < 1.29 is 0 Å². The van der Waals surface area contributed by atoms with E-state index in [1.165, 1.54) is 36.3 Å². The fourth-order valence-corrected chi connectivity index (χ4v) is 8.20. The van der Waals surface area contributed by atoms with Gasteiger partial charge in [-0.15, -0.1) is 11.1 Å². The van der Waals surface area contributed by atoms with Crippen LogP contribution in [0.25, 0.3) is 0 Å². The van der Waals surface area contributed by atoms with Crippen LogP contribution in [0.3, 0.4) is 0 Å². The van der Waals surface area contributed by atoms with E-state index in [0.29, 0.717) is 0 Å². The van der Waals surface area contributed by atoms with Crippen LogP contribution in [-0.2, 0) is 0 Å². The van der Waals surface area contributed by atoms with Gasteiger partial charge in [-0.05, 0) is 77.8 Å². The van der Waals surface area contributed by atoms with Gasteiger partial charge in [-0.25, -0.2) is 0 Å². The molecule has 0 fully saturated rings. The third-order valence-corrected chi connectivity index (χ3v) is 15.8. The van der Waals surface area contributed by atoms with Crippen molar-refractivity contribution in [3.8, 4) is 46.6 Å². The Labute approximate surface area is 198 Å². The van der Waals surface area contributed by atoms with Gasteiger partial charge < -0.3 is 0 Å². The first-order chi connectivity index (χ1) is 14.2. The Morgan fingerprint density at radius 2 is 0.677 bits per heavy atom. The summed E-state index contributed by atoms with van der Waals surface area (Å²) in [7, 11) is -3.26. The minimum absolute atomic E-state index is 0.110. The molecule has 0 amide bonds. The van der Waals surface area contributed by atoms with Gasteiger partial charge in [-0.2, -0.15) is 0 Å². The minimum atomic E-state index is -1.63. The summed E-state index contributed by atoms with van der Waals surface area (Å²) in [6, 6.07) is 7.04. The van der Waals surface area contributed by atoms with Crippen LogP contribution in [0.2, 0.25) is 36.3 Å². The van der Waals surface area contributed by atoms with Crippen LogP contribution < -0.4 is 0 Å². The molecule has 0 spiro atoms.